The number of aromatic nitrogens is 4. The van der Waals surface area contributed by atoms with Crippen molar-refractivity contribution in [3.05, 3.63) is 275 Å². The number of para-hydroxylation sites is 3. The van der Waals surface area contributed by atoms with E-state index in [9.17, 15) is 10.5 Å². The average Bonchev–Trinajstić information content (AvgIpc) is 4.12. The first-order valence-electron chi connectivity index (χ1n) is 25.4. The zero-order valence-corrected chi connectivity index (χ0v) is 42.3. The smallest absolute Gasteiger partial charge is 0.186 e. The van der Waals surface area contributed by atoms with Gasteiger partial charge in [0.2, 0.25) is 0 Å². The summed E-state index contributed by atoms with van der Waals surface area (Å²) in [6.45, 7) is 31.9. The molecule has 0 atom stereocenters. The molecular weight excluding hydrogens is 981 g/mol. The van der Waals surface area contributed by atoms with Crippen LogP contribution in [0.2, 0.25) is 0 Å². The maximum absolute atomic E-state index is 10.4. The topological polar surface area (TPSA) is 101 Å². The quantitative estimate of drug-likeness (QED) is 0.142. The minimum atomic E-state index is 0.233. The lowest BCUT2D eigenvalue weighted by molar-refractivity contribution is 1.15. The van der Waals surface area contributed by atoms with Crippen molar-refractivity contribution in [2.45, 2.75) is 0 Å². The maximum atomic E-state index is 10.4. The van der Waals surface area contributed by atoms with Crippen molar-refractivity contribution in [3.8, 4) is 90.8 Å². The third-order valence-electron chi connectivity index (χ3n) is 14.7. The molecule has 10 heteroatoms. The van der Waals surface area contributed by atoms with Crippen LogP contribution in [0.25, 0.3) is 142 Å². The lowest BCUT2D eigenvalue weighted by Gasteiger charge is -2.20. The zero-order valence-electron chi connectivity index (χ0n) is 42.3. The fourth-order valence-corrected chi connectivity index (χ4v) is 11.1. The van der Waals surface area contributed by atoms with E-state index in [0.29, 0.717) is 28.1 Å². The van der Waals surface area contributed by atoms with Gasteiger partial charge in [-0.15, -0.1) is 0 Å². The van der Waals surface area contributed by atoms with Crippen molar-refractivity contribution >= 4 is 66.4 Å². The summed E-state index contributed by atoms with van der Waals surface area (Å²) in [6, 6.07) is 76.1. The van der Waals surface area contributed by atoms with E-state index in [2.05, 4.69) is 107 Å². The summed E-state index contributed by atoms with van der Waals surface area (Å²) in [5, 5.41) is 23.9. The second-order valence-corrected chi connectivity index (χ2v) is 19.1. The minimum Gasteiger partial charge on any atom is -0.309 e. The first-order chi connectivity index (χ1) is 39.4. The Morgan fingerprint density at radius 2 is 0.863 bits per heavy atom. The Labute approximate surface area is 459 Å². The second-order valence-electron chi connectivity index (χ2n) is 19.1. The zero-order chi connectivity index (χ0) is 54.4. The molecule has 0 bridgehead atoms. The fraction of sp³-hybridized carbons (Fsp3) is 0. The molecule has 0 saturated heterocycles. The van der Waals surface area contributed by atoms with Crippen LogP contribution in [-0.2, 0) is 0 Å². The lowest BCUT2D eigenvalue weighted by atomic mass is 9.96. The second kappa shape index (κ2) is 19.5. The van der Waals surface area contributed by atoms with Gasteiger partial charge in [-0.3, -0.25) is 0 Å². The van der Waals surface area contributed by atoms with Gasteiger partial charge in [-0.1, -0.05) is 146 Å². The minimum absolute atomic E-state index is 0.233. The Morgan fingerprint density at radius 1 is 0.362 bits per heavy atom. The number of fused-ring (bicyclic) bond motifs is 6. The normalized spacial score (nSPS) is 10.9. The predicted molar refractivity (Wildman–Crippen MR) is 318 cm³/mol. The predicted octanol–water partition coefficient (Wildman–Crippen LogP) is 18.6. The van der Waals surface area contributed by atoms with Gasteiger partial charge in [0, 0.05) is 66.1 Å². The van der Waals surface area contributed by atoms with Crippen LogP contribution in [0.15, 0.2) is 218 Å². The molecule has 80 heavy (non-hydrogen) atoms. The summed E-state index contributed by atoms with van der Waals surface area (Å²) >= 11 is 0. The first kappa shape index (κ1) is 47.5. The summed E-state index contributed by atoms with van der Waals surface area (Å²) in [6.07, 6.45) is 0. The highest BCUT2D eigenvalue weighted by atomic mass is 15.0. The van der Waals surface area contributed by atoms with Crippen molar-refractivity contribution < 1.29 is 0 Å². The summed E-state index contributed by atoms with van der Waals surface area (Å²) in [5.74, 6) is 0.589. The van der Waals surface area contributed by atoms with Gasteiger partial charge in [0.15, 0.2) is 28.6 Å². The molecule has 13 rings (SSSR count). The van der Waals surface area contributed by atoms with Gasteiger partial charge in [-0.2, -0.15) is 10.5 Å². The molecule has 0 N–H and O–H groups in total. The van der Waals surface area contributed by atoms with Crippen LogP contribution in [0.3, 0.4) is 0 Å². The average molecular weight is 1020 g/mol. The van der Waals surface area contributed by atoms with Gasteiger partial charge in [0.1, 0.15) is 0 Å². The van der Waals surface area contributed by atoms with Gasteiger partial charge >= 0.3 is 0 Å². The fourth-order valence-electron chi connectivity index (χ4n) is 11.1. The van der Waals surface area contributed by atoms with E-state index in [1.165, 1.54) is 0 Å². The number of benzene rings is 10. The maximum Gasteiger partial charge on any atom is 0.186 e. The largest absolute Gasteiger partial charge is 0.309 e. The summed E-state index contributed by atoms with van der Waals surface area (Å²) in [7, 11) is 0. The Hall–Kier alpha value is -12.2. The molecule has 0 spiro atoms. The van der Waals surface area contributed by atoms with Crippen molar-refractivity contribution in [3.63, 3.8) is 0 Å². The van der Waals surface area contributed by atoms with Gasteiger partial charge < -0.3 is 9.13 Å². The molecule has 0 unspecified atom stereocenters. The number of hydrogen-bond donors (Lipinski definition) is 0. The molecule has 366 valence electrons. The SMILES string of the molecule is [C-]#[N+]c1cc(C#N)c(-c2ccc3c(c2)c2ccccc2n3-c2cc(-c3cc(-c4ccccc4)nc(-c4ccccc4)n3)ccc2-c2ccccc2-n2c3ccccc3c3cc(-c4c([N+]#[C-])cc(C#N)cc4[N+]#[C-])ccc32)c([N+]#[C-])c1. The summed E-state index contributed by atoms with van der Waals surface area (Å²) in [4.78, 5) is 25.3. The molecule has 13 aromatic rings. The first-order valence-corrected chi connectivity index (χ1v) is 25.4. The van der Waals surface area contributed by atoms with Crippen LogP contribution in [0.4, 0.5) is 22.7 Å². The van der Waals surface area contributed by atoms with E-state index in [4.69, 9.17) is 36.3 Å². The van der Waals surface area contributed by atoms with Crippen molar-refractivity contribution in [2.24, 2.45) is 0 Å². The lowest BCUT2D eigenvalue weighted by Crippen LogP contribution is -2.02. The highest BCUT2D eigenvalue weighted by Crippen LogP contribution is 2.47. The Kier molecular flexibility index (Phi) is 11.6. The number of rotatable bonds is 8. The van der Waals surface area contributed by atoms with Crippen LogP contribution in [0.1, 0.15) is 11.1 Å². The Morgan fingerprint density at radius 3 is 1.46 bits per heavy atom. The molecule has 0 saturated carbocycles. The van der Waals surface area contributed by atoms with E-state index in [0.717, 1.165) is 94.2 Å². The summed E-state index contributed by atoms with van der Waals surface area (Å²) < 4.78 is 4.55. The molecule has 0 amide bonds. The third-order valence-corrected chi connectivity index (χ3v) is 14.7. The molecule has 0 aliphatic rings. The molecule has 10 aromatic carbocycles. The van der Waals surface area contributed by atoms with Crippen molar-refractivity contribution in [2.75, 3.05) is 0 Å². The third kappa shape index (κ3) is 7.84. The molecule has 0 aliphatic carbocycles. The Bertz CT molecular complexity index is 4900. The van der Waals surface area contributed by atoms with Gasteiger partial charge in [-0.25, -0.2) is 29.3 Å². The van der Waals surface area contributed by atoms with Crippen LogP contribution in [0, 0.1) is 49.0 Å². The Balaban J connectivity index is 1.08. The van der Waals surface area contributed by atoms with Crippen LogP contribution in [0.5, 0.6) is 0 Å². The van der Waals surface area contributed by atoms with E-state index in [1.54, 1.807) is 24.3 Å². The van der Waals surface area contributed by atoms with Crippen LogP contribution < -0.4 is 0 Å². The van der Waals surface area contributed by atoms with E-state index < -0.39 is 0 Å². The molecule has 0 radical (unpaired) electrons. The molecular formula is C70H36N10. The van der Waals surface area contributed by atoms with E-state index >= 15 is 0 Å². The molecule has 0 fully saturated rings. The molecule has 3 heterocycles. The molecule has 0 aliphatic heterocycles. The standard InChI is InChI=1S/C70H36N10/c1-73-50-35-49(42-72)68(61(39-50)76-4)47-28-31-66-55(36-47)53-23-13-16-26-64(53)80(66)67-38-46(58-40-57(44-17-7-5-8-18-44)77-70(78-58)45-19-9-6-10-20-45)27-30-54(67)51-21-11-14-24-62(51)79-63-25-15-12-22-52(63)56-37-48(29-32-65(56)79)69-59(74-2)33-43(41-71)34-60(69)75-3/h5-40H. The monoisotopic (exact) mass is 1020 g/mol. The highest BCUT2D eigenvalue weighted by molar-refractivity contribution is 6.14. The van der Waals surface area contributed by atoms with Crippen LogP contribution in [-0.4, -0.2) is 19.1 Å². The van der Waals surface area contributed by atoms with E-state index in [1.807, 2.05) is 127 Å². The van der Waals surface area contributed by atoms with Gasteiger partial charge in [0.25, 0.3) is 0 Å². The van der Waals surface area contributed by atoms with Gasteiger partial charge in [0.05, 0.1) is 83.3 Å². The number of nitrogens with zero attached hydrogens (tertiary/aromatic N) is 10. The highest BCUT2D eigenvalue weighted by Gasteiger charge is 2.24. The van der Waals surface area contributed by atoms with Gasteiger partial charge in [-0.05, 0) is 89.5 Å². The van der Waals surface area contributed by atoms with Crippen molar-refractivity contribution in [1.82, 2.24) is 19.1 Å². The van der Waals surface area contributed by atoms with E-state index in [-0.39, 0.29) is 33.9 Å². The molecule has 3 aromatic heterocycles. The summed E-state index contributed by atoms with van der Waals surface area (Å²) in [5.41, 5.74) is 15.3. The number of hydrogen-bond acceptors (Lipinski definition) is 4. The number of nitriles is 2. The van der Waals surface area contributed by atoms with Crippen molar-refractivity contribution in [1.29, 1.82) is 10.5 Å². The van der Waals surface area contributed by atoms with Crippen LogP contribution >= 0.6 is 0 Å². The molecule has 10 nitrogen and oxygen atoms in total.